The van der Waals surface area contributed by atoms with E-state index in [1.54, 1.807) is 54.6 Å². The third-order valence-electron chi connectivity index (χ3n) is 6.53. The zero-order valence-electron chi connectivity index (χ0n) is 19.5. The molecule has 37 heavy (non-hydrogen) atoms. The number of halogens is 3. The highest BCUT2D eigenvalue weighted by Crippen LogP contribution is 2.46. The van der Waals surface area contributed by atoms with Crippen LogP contribution < -0.4 is 10.6 Å². The minimum atomic E-state index is -4.80. The molecule has 2 aromatic heterocycles. The largest absolute Gasteiger partial charge is 0.465 e. The van der Waals surface area contributed by atoms with Crippen molar-refractivity contribution in [2.45, 2.75) is 31.0 Å². The van der Waals surface area contributed by atoms with Crippen LogP contribution in [0, 0.1) is 0 Å². The number of furan rings is 1. The SMILES string of the molecule is O=C(O)NC1(c2ccc(-c3oc4nc(NCCO)nc(C(F)(F)F)c4c3-c3ccccc3)cc2)CCC1. The molecular weight excluding hydrogens is 489 g/mol. The van der Waals surface area contributed by atoms with Crippen molar-refractivity contribution >= 4 is 23.1 Å². The first kappa shape index (κ1) is 24.6. The number of fused-ring (bicyclic) bond motifs is 1. The zero-order valence-corrected chi connectivity index (χ0v) is 19.5. The molecule has 0 bridgehead atoms. The fourth-order valence-corrected chi connectivity index (χ4v) is 4.70. The van der Waals surface area contributed by atoms with Crippen LogP contribution in [0.15, 0.2) is 59.0 Å². The van der Waals surface area contributed by atoms with Gasteiger partial charge in [-0.15, -0.1) is 0 Å². The lowest BCUT2D eigenvalue weighted by atomic mass is 9.71. The zero-order chi connectivity index (χ0) is 26.2. The monoisotopic (exact) mass is 512 g/mol. The standard InChI is InChI=1S/C26H23F3N4O4/c27-26(28,29)21-19-18(15-5-2-1-3-6-15)20(37-22(19)32-23(31-21)30-13-14-34)16-7-9-17(10-8-16)25(11-4-12-25)33-24(35)36/h1-3,5-10,33-34H,4,11-14H2,(H,35,36)(H,30,31,32). The molecule has 1 saturated carbocycles. The summed E-state index contributed by atoms with van der Waals surface area (Å²) in [4.78, 5) is 19.2. The van der Waals surface area contributed by atoms with Crippen LogP contribution in [-0.2, 0) is 11.7 Å². The van der Waals surface area contributed by atoms with Crippen LogP contribution in [0.2, 0.25) is 0 Å². The predicted octanol–water partition coefficient (Wildman–Crippen LogP) is 5.63. The molecule has 0 aliphatic heterocycles. The van der Waals surface area contributed by atoms with Crippen molar-refractivity contribution < 1.29 is 32.6 Å². The molecule has 192 valence electrons. The Kier molecular flexibility index (Phi) is 6.24. The van der Waals surface area contributed by atoms with Gasteiger partial charge in [-0.2, -0.15) is 18.2 Å². The van der Waals surface area contributed by atoms with E-state index in [1.165, 1.54) is 0 Å². The smallest absolute Gasteiger partial charge is 0.434 e. The number of rotatable bonds is 7. The summed E-state index contributed by atoms with van der Waals surface area (Å²) in [5.41, 5.74) is -0.106. The second-order valence-electron chi connectivity index (χ2n) is 8.84. The molecular formula is C26H23F3N4O4. The summed E-state index contributed by atoms with van der Waals surface area (Å²) >= 11 is 0. The lowest BCUT2D eigenvalue weighted by molar-refractivity contribution is -0.139. The van der Waals surface area contributed by atoms with Gasteiger partial charge in [0.25, 0.3) is 0 Å². The van der Waals surface area contributed by atoms with Gasteiger partial charge in [0.2, 0.25) is 11.7 Å². The summed E-state index contributed by atoms with van der Waals surface area (Å²) in [5, 5.41) is 23.2. The van der Waals surface area contributed by atoms with Gasteiger partial charge in [-0.25, -0.2) is 9.78 Å². The number of aromatic nitrogens is 2. The van der Waals surface area contributed by atoms with Crippen molar-refractivity contribution in [3.05, 3.63) is 65.9 Å². The second kappa shape index (κ2) is 9.40. The number of aliphatic hydroxyl groups is 1. The highest BCUT2D eigenvalue weighted by atomic mass is 19.4. The van der Waals surface area contributed by atoms with Crippen LogP contribution >= 0.6 is 0 Å². The van der Waals surface area contributed by atoms with Crippen LogP contribution in [0.1, 0.15) is 30.5 Å². The predicted molar refractivity (Wildman–Crippen MR) is 130 cm³/mol. The lowest BCUT2D eigenvalue weighted by Gasteiger charge is -2.42. The Balaban J connectivity index is 1.70. The minimum absolute atomic E-state index is 0.0322. The second-order valence-corrected chi connectivity index (χ2v) is 8.84. The third kappa shape index (κ3) is 4.57. The number of benzene rings is 2. The average molecular weight is 512 g/mol. The molecule has 0 atom stereocenters. The maximum atomic E-state index is 14.2. The molecule has 0 radical (unpaired) electrons. The van der Waals surface area contributed by atoms with E-state index in [-0.39, 0.29) is 41.5 Å². The Morgan fingerprint density at radius 3 is 2.30 bits per heavy atom. The first-order valence-corrected chi connectivity index (χ1v) is 11.7. The molecule has 0 spiro atoms. The van der Waals surface area contributed by atoms with Crippen LogP contribution in [0.3, 0.4) is 0 Å². The van der Waals surface area contributed by atoms with Crippen LogP contribution in [0.25, 0.3) is 33.6 Å². The van der Waals surface area contributed by atoms with E-state index in [4.69, 9.17) is 9.52 Å². The Labute approximate surface area is 209 Å². The number of alkyl halides is 3. The molecule has 1 aliphatic rings. The summed E-state index contributed by atoms with van der Waals surface area (Å²) < 4.78 is 48.6. The molecule has 8 nitrogen and oxygen atoms in total. The highest BCUT2D eigenvalue weighted by molar-refractivity contribution is 6.02. The van der Waals surface area contributed by atoms with Gasteiger partial charge in [-0.3, -0.25) is 0 Å². The molecule has 0 unspecified atom stereocenters. The average Bonchev–Trinajstić information content (AvgIpc) is 3.23. The van der Waals surface area contributed by atoms with Gasteiger partial charge in [0.05, 0.1) is 17.5 Å². The van der Waals surface area contributed by atoms with Crippen molar-refractivity contribution in [2.24, 2.45) is 0 Å². The van der Waals surface area contributed by atoms with Gasteiger partial charge in [0.1, 0.15) is 5.76 Å². The van der Waals surface area contributed by atoms with Crippen LogP contribution in [0.4, 0.5) is 23.9 Å². The van der Waals surface area contributed by atoms with E-state index < -0.39 is 23.5 Å². The Morgan fingerprint density at radius 2 is 1.73 bits per heavy atom. The molecule has 1 aliphatic carbocycles. The topological polar surface area (TPSA) is 121 Å². The van der Waals surface area contributed by atoms with Crippen molar-refractivity contribution in [1.82, 2.24) is 15.3 Å². The van der Waals surface area contributed by atoms with Crippen LogP contribution in [-0.4, -0.2) is 39.4 Å². The van der Waals surface area contributed by atoms with Gasteiger partial charge in [0.15, 0.2) is 5.69 Å². The van der Waals surface area contributed by atoms with E-state index in [0.29, 0.717) is 24.0 Å². The quantitative estimate of drug-likeness (QED) is 0.253. The van der Waals surface area contributed by atoms with Crippen LogP contribution in [0.5, 0.6) is 0 Å². The van der Waals surface area contributed by atoms with E-state index >= 15 is 0 Å². The van der Waals surface area contributed by atoms with Crippen molar-refractivity contribution in [1.29, 1.82) is 0 Å². The number of aliphatic hydroxyl groups excluding tert-OH is 1. The number of hydrogen-bond donors (Lipinski definition) is 4. The van der Waals surface area contributed by atoms with E-state index in [0.717, 1.165) is 12.0 Å². The van der Waals surface area contributed by atoms with Gasteiger partial charge in [0, 0.05) is 17.7 Å². The molecule has 2 heterocycles. The number of anilines is 1. The molecule has 1 amide bonds. The summed E-state index contributed by atoms with van der Waals surface area (Å²) in [6, 6.07) is 15.5. The van der Waals surface area contributed by atoms with Crippen molar-refractivity contribution in [2.75, 3.05) is 18.5 Å². The van der Waals surface area contributed by atoms with Gasteiger partial charge in [-0.05, 0) is 30.4 Å². The molecule has 1 fully saturated rings. The normalized spacial score (nSPS) is 14.8. The molecule has 4 aromatic rings. The number of carboxylic acid groups (broad SMARTS) is 1. The lowest BCUT2D eigenvalue weighted by Crippen LogP contribution is -2.50. The fourth-order valence-electron chi connectivity index (χ4n) is 4.70. The van der Waals surface area contributed by atoms with Gasteiger partial charge >= 0.3 is 12.3 Å². The Morgan fingerprint density at radius 1 is 1.03 bits per heavy atom. The number of hydrogen-bond acceptors (Lipinski definition) is 6. The van der Waals surface area contributed by atoms with Gasteiger partial charge < -0.3 is 25.3 Å². The molecule has 2 aromatic carbocycles. The number of carbonyl (C=O) groups is 1. The Bertz CT molecular complexity index is 1430. The first-order chi connectivity index (χ1) is 17.7. The summed E-state index contributed by atoms with van der Waals surface area (Å²) in [6.45, 7) is -0.346. The minimum Gasteiger partial charge on any atom is -0.465 e. The Hall–Kier alpha value is -4.12. The molecule has 11 heteroatoms. The highest BCUT2D eigenvalue weighted by Gasteiger charge is 2.41. The maximum absolute atomic E-state index is 14.2. The summed E-state index contributed by atoms with van der Waals surface area (Å²) in [6.07, 6.45) is -3.71. The molecule has 4 N–H and O–H groups in total. The summed E-state index contributed by atoms with van der Waals surface area (Å²) in [5.74, 6) is -0.128. The first-order valence-electron chi connectivity index (χ1n) is 11.7. The van der Waals surface area contributed by atoms with Crippen molar-refractivity contribution in [3.8, 4) is 22.5 Å². The number of amides is 1. The molecule has 5 rings (SSSR count). The number of nitrogens with zero attached hydrogens (tertiary/aromatic N) is 2. The number of nitrogens with one attached hydrogen (secondary N) is 2. The van der Waals surface area contributed by atoms with Gasteiger partial charge in [-0.1, -0.05) is 54.6 Å². The maximum Gasteiger partial charge on any atom is 0.434 e. The van der Waals surface area contributed by atoms with E-state index in [1.807, 2.05) is 0 Å². The van der Waals surface area contributed by atoms with Crippen molar-refractivity contribution in [3.63, 3.8) is 0 Å². The van der Waals surface area contributed by atoms with E-state index in [9.17, 15) is 23.1 Å². The fraction of sp³-hybridized carbons (Fsp3) is 0.269. The molecule has 0 saturated heterocycles. The van der Waals surface area contributed by atoms with E-state index in [2.05, 4.69) is 20.6 Å². The third-order valence-corrected chi connectivity index (χ3v) is 6.53. The summed E-state index contributed by atoms with van der Waals surface area (Å²) in [7, 11) is 0.